The Morgan fingerprint density at radius 1 is 1.60 bits per heavy atom. The van der Waals surface area contributed by atoms with Crippen LogP contribution in [0.1, 0.15) is 13.8 Å². The molecule has 0 aliphatic carbocycles. The van der Waals surface area contributed by atoms with Crippen LogP contribution in [0.4, 0.5) is 9.18 Å². The Morgan fingerprint density at radius 2 is 2.10 bits per heavy atom. The summed E-state index contributed by atoms with van der Waals surface area (Å²) >= 11 is 0. The molecule has 0 unspecified atom stereocenters. The topological polar surface area (TPSA) is 38.3 Å². The van der Waals surface area contributed by atoms with Crippen LogP contribution in [0.5, 0.6) is 0 Å². The van der Waals surface area contributed by atoms with E-state index in [1.165, 1.54) is 7.05 Å². The van der Waals surface area contributed by atoms with E-state index in [0.717, 1.165) is 0 Å². The van der Waals surface area contributed by atoms with Gasteiger partial charge in [-0.1, -0.05) is 13.8 Å². The molecule has 0 rings (SSSR count). The van der Waals surface area contributed by atoms with Gasteiger partial charge in [0.25, 0.3) is 0 Å². The van der Waals surface area contributed by atoms with Gasteiger partial charge >= 0.3 is 6.09 Å². The van der Waals surface area contributed by atoms with Gasteiger partial charge in [-0.05, 0) is 0 Å². The summed E-state index contributed by atoms with van der Waals surface area (Å²) in [5.41, 5.74) is 0. The van der Waals surface area contributed by atoms with Gasteiger partial charge in [0.2, 0.25) is 0 Å². The van der Waals surface area contributed by atoms with Gasteiger partial charge in [-0.25, -0.2) is 9.18 Å². The first-order valence-corrected chi connectivity index (χ1v) is 3.21. The van der Waals surface area contributed by atoms with Crippen molar-refractivity contribution in [1.29, 1.82) is 0 Å². The van der Waals surface area contributed by atoms with E-state index in [9.17, 15) is 9.18 Å². The molecule has 0 aromatic rings. The van der Waals surface area contributed by atoms with Crippen molar-refractivity contribution in [3.63, 3.8) is 0 Å². The number of nitrogens with one attached hydrogen (secondary N) is 1. The second kappa shape index (κ2) is 11.1. The molecule has 3 nitrogen and oxygen atoms in total. The molecule has 1 amide bonds. The molecule has 0 aliphatic heterocycles. The molecule has 4 heteroatoms. The minimum absolute atomic E-state index is 0.167. The molecule has 0 saturated heterocycles. The van der Waals surface area contributed by atoms with Crippen LogP contribution in [0, 0.1) is 0 Å². The zero-order valence-electron chi connectivity index (χ0n) is 6.61. The van der Waals surface area contributed by atoms with Gasteiger partial charge in [-0.3, -0.25) is 0 Å². The number of alkyl carbamates (subject to hydrolysis) is 1. The third-order valence-corrected chi connectivity index (χ3v) is 0.514. The molecule has 0 aromatic carbocycles. The van der Waals surface area contributed by atoms with Gasteiger partial charge in [0.15, 0.2) is 0 Å². The highest BCUT2D eigenvalue weighted by Gasteiger charge is 1.93. The predicted octanol–water partition coefficient (Wildman–Crippen LogP) is 1.34. The highest BCUT2D eigenvalue weighted by atomic mass is 19.1. The summed E-state index contributed by atoms with van der Waals surface area (Å²) in [4.78, 5) is 10.1. The van der Waals surface area contributed by atoms with Crippen LogP contribution < -0.4 is 5.32 Å². The van der Waals surface area contributed by atoms with Crippen LogP contribution in [0.15, 0.2) is 0 Å². The van der Waals surface area contributed by atoms with Crippen molar-refractivity contribution in [2.24, 2.45) is 0 Å². The third-order valence-electron chi connectivity index (χ3n) is 0.514. The highest BCUT2D eigenvalue weighted by Crippen LogP contribution is 1.75. The molecule has 0 aliphatic rings. The Labute approximate surface area is 60.6 Å². The van der Waals surface area contributed by atoms with Crippen molar-refractivity contribution in [2.75, 3.05) is 20.3 Å². The van der Waals surface area contributed by atoms with E-state index < -0.39 is 12.8 Å². The van der Waals surface area contributed by atoms with Crippen LogP contribution in [-0.4, -0.2) is 26.4 Å². The van der Waals surface area contributed by atoms with Crippen molar-refractivity contribution in [2.45, 2.75) is 13.8 Å². The third kappa shape index (κ3) is 10.2. The van der Waals surface area contributed by atoms with Crippen molar-refractivity contribution >= 4 is 6.09 Å². The number of rotatable bonds is 2. The fourth-order valence-corrected chi connectivity index (χ4v) is 0.203. The van der Waals surface area contributed by atoms with Crippen LogP contribution >= 0.6 is 0 Å². The molecular weight excluding hydrogens is 137 g/mol. The lowest BCUT2D eigenvalue weighted by Crippen LogP contribution is -2.20. The first-order valence-electron chi connectivity index (χ1n) is 3.21. The number of alkyl halides is 1. The summed E-state index contributed by atoms with van der Waals surface area (Å²) in [6, 6.07) is 0. The lowest BCUT2D eigenvalue weighted by atomic mass is 10.8. The molecular formula is C6H14FNO2. The van der Waals surface area contributed by atoms with Gasteiger partial charge in [-0.2, -0.15) is 0 Å². The van der Waals surface area contributed by atoms with Gasteiger partial charge in [-0.15, -0.1) is 0 Å². The van der Waals surface area contributed by atoms with E-state index in [0.29, 0.717) is 0 Å². The summed E-state index contributed by atoms with van der Waals surface area (Å²) in [5.74, 6) is 0. The van der Waals surface area contributed by atoms with E-state index >= 15 is 0 Å². The zero-order valence-corrected chi connectivity index (χ0v) is 6.61. The van der Waals surface area contributed by atoms with Crippen LogP contribution in [0.3, 0.4) is 0 Å². The number of carbonyl (C=O) groups excluding carboxylic acids is 1. The molecule has 62 valence electrons. The standard InChI is InChI=1S/C4H8FNO2.C2H6/c1-6-4(7)8-3-2-5;1-2/h2-3H2,1H3,(H,6,7);1-2H3. The molecule has 0 aromatic heterocycles. The van der Waals surface area contributed by atoms with Gasteiger partial charge in [0, 0.05) is 7.05 Å². The fourth-order valence-electron chi connectivity index (χ4n) is 0.203. The summed E-state index contributed by atoms with van der Waals surface area (Å²) in [5, 5.41) is 2.17. The Hall–Kier alpha value is -0.800. The number of amides is 1. The maximum atomic E-state index is 11.2. The van der Waals surface area contributed by atoms with E-state index in [4.69, 9.17) is 0 Å². The molecule has 0 spiro atoms. The lowest BCUT2D eigenvalue weighted by molar-refractivity contribution is 0.140. The van der Waals surface area contributed by atoms with E-state index in [2.05, 4.69) is 10.1 Å². The minimum atomic E-state index is -0.632. The molecule has 0 heterocycles. The lowest BCUT2D eigenvalue weighted by Gasteiger charge is -1.97. The highest BCUT2D eigenvalue weighted by molar-refractivity contribution is 5.66. The quantitative estimate of drug-likeness (QED) is 0.646. The Morgan fingerprint density at radius 3 is 2.40 bits per heavy atom. The summed E-state index contributed by atoms with van der Waals surface area (Å²) in [7, 11) is 1.42. The Bertz CT molecular complexity index is 78.1. The molecule has 0 bridgehead atoms. The first-order chi connectivity index (χ1) is 4.81. The second-order valence-corrected chi connectivity index (χ2v) is 1.07. The maximum Gasteiger partial charge on any atom is 0.406 e. The Balaban J connectivity index is 0. The van der Waals surface area contributed by atoms with Crippen LogP contribution in [0.25, 0.3) is 0 Å². The number of halogens is 1. The number of hydrogen-bond acceptors (Lipinski definition) is 2. The molecule has 10 heavy (non-hydrogen) atoms. The monoisotopic (exact) mass is 151 g/mol. The zero-order chi connectivity index (χ0) is 8.41. The van der Waals surface area contributed by atoms with E-state index in [1.807, 2.05) is 13.8 Å². The summed E-state index contributed by atoms with van der Waals surface area (Å²) in [6.45, 7) is 3.20. The predicted molar refractivity (Wildman–Crippen MR) is 37.7 cm³/mol. The number of hydrogen-bond donors (Lipinski definition) is 1. The molecule has 0 radical (unpaired) electrons. The molecule has 0 saturated carbocycles. The van der Waals surface area contributed by atoms with Crippen molar-refractivity contribution in [1.82, 2.24) is 5.32 Å². The smallest absolute Gasteiger partial charge is 0.406 e. The molecule has 0 fully saturated rings. The SMILES string of the molecule is CC.CNC(=O)OCCF. The first kappa shape index (κ1) is 11.9. The Kier molecular flexibility index (Phi) is 13.2. The van der Waals surface area contributed by atoms with E-state index in [-0.39, 0.29) is 6.61 Å². The average molecular weight is 151 g/mol. The fraction of sp³-hybridized carbons (Fsp3) is 0.833. The van der Waals surface area contributed by atoms with Gasteiger partial charge in [0.05, 0.1) is 0 Å². The van der Waals surface area contributed by atoms with Crippen molar-refractivity contribution < 1.29 is 13.9 Å². The largest absolute Gasteiger partial charge is 0.447 e. The minimum Gasteiger partial charge on any atom is -0.447 e. The van der Waals surface area contributed by atoms with Crippen molar-refractivity contribution in [3.05, 3.63) is 0 Å². The van der Waals surface area contributed by atoms with Crippen molar-refractivity contribution in [3.8, 4) is 0 Å². The summed E-state index contributed by atoms with van der Waals surface area (Å²) < 4.78 is 15.4. The average Bonchev–Trinajstić information content (AvgIpc) is 2.04. The van der Waals surface area contributed by atoms with Gasteiger partial charge in [0.1, 0.15) is 13.3 Å². The molecule has 1 N–H and O–H groups in total. The van der Waals surface area contributed by atoms with Crippen LogP contribution in [0.2, 0.25) is 0 Å². The summed E-state index contributed by atoms with van der Waals surface area (Å²) in [6.07, 6.45) is -0.595. The van der Waals surface area contributed by atoms with Gasteiger partial charge < -0.3 is 10.1 Å². The number of ether oxygens (including phenoxy) is 1. The van der Waals surface area contributed by atoms with E-state index in [1.54, 1.807) is 0 Å². The second-order valence-electron chi connectivity index (χ2n) is 1.07. The maximum absolute atomic E-state index is 11.2. The van der Waals surface area contributed by atoms with Crippen LogP contribution in [-0.2, 0) is 4.74 Å². The normalized spacial score (nSPS) is 7.20. The number of carbonyl (C=O) groups is 1. The molecule has 0 atom stereocenters.